The molecule has 5 heteroatoms. The molecule has 0 saturated carbocycles. The zero-order chi connectivity index (χ0) is 12.4. The van der Waals surface area contributed by atoms with Crippen molar-refractivity contribution in [2.45, 2.75) is 39.0 Å². The number of carbonyl (C=O) groups is 2. The van der Waals surface area contributed by atoms with Crippen molar-refractivity contribution in [2.75, 3.05) is 13.6 Å². The van der Waals surface area contributed by atoms with E-state index in [1.807, 2.05) is 0 Å². The molecule has 0 aliphatic carbocycles. The maximum absolute atomic E-state index is 11.5. The van der Waals surface area contributed by atoms with Crippen LogP contribution in [0.2, 0.25) is 0 Å². The molecule has 0 unspecified atom stereocenters. The molecule has 92 valence electrons. The molecule has 0 bridgehead atoms. The molecule has 0 aromatic rings. The van der Waals surface area contributed by atoms with Gasteiger partial charge in [-0.25, -0.2) is 0 Å². The summed E-state index contributed by atoms with van der Waals surface area (Å²) in [6.45, 7) is 2.29. The number of carboxylic acids is 1. The number of rotatable bonds is 8. The van der Waals surface area contributed by atoms with E-state index < -0.39 is 5.97 Å². The van der Waals surface area contributed by atoms with E-state index in [4.69, 9.17) is 0 Å². The van der Waals surface area contributed by atoms with Crippen molar-refractivity contribution in [3.05, 3.63) is 12.2 Å². The number of hydrogen-bond donors (Lipinski definition) is 0. The fraction of sp³-hybridized carbons (Fsp3) is 0.667. The molecule has 0 heterocycles. The Morgan fingerprint density at radius 1 is 1.24 bits per heavy atom. The van der Waals surface area contributed by atoms with E-state index in [1.54, 1.807) is 7.05 Å². The van der Waals surface area contributed by atoms with Gasteiger partial charge in [-0.05, 0) is 19.3 Å². The zero-order valence-electron chi connectivity index (χ0n) is 11.1. The van der Waals surface area contributed by atoms with Crippen LogP contribution >= 0.6 is 0 Å². The van der Waals surface area contributed by atoms with Gasteiger partial charge in [0.1, 0.15) is 0 Å². The molecular weight excluding hydrogens is 245 g/mol. The van der Waals surface area contributed by atoms with Gasteiger partial charge in [-0.3, -0.25) is 4.79 Å². The van der Waals surface area contributed by atoms with Crippen LogP contribution in [-0.4, -0.2) is 30.4 Å². The van der Waals surface area contributed by atoms with Crippen LogP contribution in [0.15, 0.2) is 12.2 Å². The molecule has 0 spiro atoms. The Morgan fingerprint density at radius 2 is 1.88 bits per heavy atom. The monoisotopic (exact) mass is 265 g/mol. The molecule has 0 aliphatic heterocycles. The first-order chi connectivity index (χ1) is 7.57. The summed E-state index contributed by atoms with van der Waals surface area (Å²) in [4.78, 5) is 23.1. The topological polar surface area (TPSA) is 60.4 Å². The summed E-state index contributed by atoms with van der Waals surface area (Å²) in [5.41, 5.74) is 0. The van der Waals surface area contributed by atoms with Crippen molar-refractivity contribution in [3.63, 3.8) is 0 Å². The van der Waals surface area contributed by atoms with Crippen molar-refractivity contribution in [3.8, 4) is 0 Å². The molecule has 0 radical (unpaired) electrons. The molecule has 0 N–H and O–H groups in total. The fourth-order valence-electron chi connectivity index (χ4n) is 1.23. The predicted octanol–water partition coefficient (Wildman–Crippen LogP) is -2.27. The third-order valence-electron chi connectivity index (χ3n) is 2.24. The Hall–Kier alpha value is 0.316. The molecule has 0 fully saturated rings. The van der Waals surface area contributed by atoms with Gasteiger partial charge in [-0.2, -0.15) is 0 Å². The minimum absolute atomic E-state index is 0. The number of carboxylic acid groups (broad SMARTS) is 1. The predicted molar refractivity (Wildman–Crippen MR) is 60.5 cm³/mol. The van der Waals surface area contributed by atoms with Gasteiger partial charge in [0.2, 0.25) is 5.91 Å². The number of aliphatic carboxylic acids is 1. The average Bonchev–Trinajstić information content (AvgIpc) is 2.25. The van der Waals surface area contributed by atoms with Gasteiger partial charge in [0.05, 0.1) is 0 Å². The third kappa shape index (κ3) is 12.6. The normalized spacial score (nSPS) is 10.0. The minimum Gasteiger partial charge on any atom is -0.550 e. The first kappa shape index (κ1) is 19.7. The molecule has 1 amide bonds. The summed E-state index contributed by atoms with van der Waals surface area (Å²) in [5, 5.41) is 10.2. The number of unbranched alkanes of at least 4 members (excludes halogenated alkanes) is 1. The van der Waals surface area contributed by atoms with Crippen LogP contribution in [0.3, 0.4) is 0 Å². The second kappa shape index (κ2) is 12.8. The maximum Gasteiger partial charge on any atom is 1.00 e. The van der Waals surface area contributed by atoms with Crippen LogP contribution in [-0.2, 0) is 9.59 Å². The quantitative estimate of drug-likeness (QED) is 0.282. The third-order valence-corrected chi connectivity index (χ3v) is 2.24. The Kier molecular flexibility index (Phi) is 14.8. The molecule has 0 aliphatic rings. The fourth-order valence-corrected chi connectivity index (χ4v) is 1.23. The molecule has 4 nitrogen and oxygen atoms in total. The SMILES string of the molecule is CC/C=C/CCCC(=O)N(C)CCC(=O)[O-].[K+]. The molecular formula is C12H20KNO3. The van der Waals surface area contributed by atoms with Gasteiger partial charge in [-0.1, -0.05) is 19.1 Å². The summed E-state index contributed by atoms with van der Waals surface area (Å²) < 4.78 is 0. The number of carbonyl (C=O) groups excluding carboxylic acids is 2. The second-order valence-electron chi connectivity index (χ2n) is 3.71. The van der Waals surface area contributed by atoms with Crippen molar-refractivity contribution in [1.82, 2.24) is 4.90 Å². The van der Waals surface area contributed by atoms with Gasteiger partial charge in [0, 0.05) is 32.4 Å². The Balaban J connectivity index is 0. The van der Waals surface area contributed by atoms with Crippen LogP contribution in [0.25, 0.3) is 0 Å². The Morgan fingerprint density at radius 3 is 2.41 bits per heavy atom. The molecule has 0 saturated heterocycles. The van der Waals surface area contributed by atoms with E-state index >= 15 is 0 Å². The van der Waals surface area contributed by atoms with Gasteiger partial charge >= 0.3 is 51.4 Å². The smallest absolute Gasteiger partial charge is 0.550 e. The van der Waals surface area contributed by atoms with E-state index in [9.17, 15) is 14.7 Å². The van der Waals surface area contributed by atoms with E-state index in [-0.39, 0.29) is 70.3 Å². The second-order valence-corrected chi connectivity index (χ2v) is 3.71. The van der Waals surface area contributed by atoms with E-state index in [0.29, 0.717) is 6.42 Å². The Labute approximate surface area is 146 Å². The van der Waals surface area contributed by atoms with Crippen LogP contribution in [0.4, 0.5) is 0 Å². The van der Waals surface area contributed by atoms with Crippen LogP contribution in [0.5, 0.6) is 0 Å². The van der Waals surface area contributed by atoms with Crippen LogP contribution in [0.1, 0.15) is 39.0 Å². The van der Waals surface area contributed by atoms with E-state index in [1.165, 1.54) is 4.90 Å². The molecule has 0 atom stereocenters. The van der Waals surface area contributed by atoms with Crippen molar-refractivity contribution in [1.29, 1.82) is 0 Å². The molecule has 0 rings (SSSR count). The van der Waals surface area contributed by atoms with Gasteiger partial charge in [0.25, 0.3) is 0 Å². The van der Waals surface area contributed by atoms with E-state index in [0.717, 1.165) is 19.3 Å². The summed E-state index contributed by atoms with van der Waals surface area (Å²) in [5.74, 6) is -1.13. The van der Waals surface area contributed by atoms with Gasteiger partial charge < -0.3 is 14.8 Å². The van der Waals surface area contributed by atoms with Crippen LogP contribution < -0.4 is 56.5 Å². The number of amides is 1. The average molecular weight is 265 g/mol. The molecule has 17 heavy (non-hydrogen) atoms. The van der Waals surface area contributed by atoms with Crippen molar-refractivity contribution < 1.29 is 66.1 Å². The maximum atomic E-state index is 11.5. The Bertz CT molecular complexity index is 254. The number of hydrogen-bond acceptors (Lipinski definition) is 3. The summed E-state index contributed by atoms with van der Waals surface area (Å²) in [6, 6.07) is 0. The largest absolute Gasteiger partial charge is 1.00 e. The molecule has 0 aromatic carbocycles. The molecule has 0 aromatic heterocycles. The van der Waals surface area contributed by atoms with Crippen LogP contribution in [0, 0.1) is 0 Å². The first-order valence-corrected chi connectivity index (χ1v) is 5.66. The summed E-state index contributed by atoms with van der Waals surface area (Å²) in [7, 11) is 1.62. The minimum atomic E-state index is -1.12. The summed E-state index contributed by atoms with van der Waals surface area (Å²) >= 11 is 0. The van der Waals surface area contributed by atoms with Gasteiger partial charge in [0.15, 0.2) is 0 Å². The van der Waals surface area contributed by atoms with Crippen molar-refractivity contribution in [2.24, 2.45) is 0 Å². The van der Waals surface area contributed by atoms with E-state index in [2.05, 4.69) is 19.1 Å². The standard InChI is InChI=1S/C12H21NO3.K/c1-3-4-5-6-7-8-11(14)13(2)10-9-12(15)16;/h4-5H,3,6-10H2,1-2H3,(H,15,16);/q;+1/p-1/b5-4+;. The number of allylic oxidation sites excluding steroid dienone is 2. The number of nitrogens with zero attached hydrogens (tertiary/aromatic N) is 1. The summed E-state index contributed by atoms with van der Waals surface area (Å²) in [6.07, 6.45) is 7.23. The van der Waals surface area contributed by atoms with Gasteiger partial charge in [-0.15, -0.1) is 0 Å². The van der Waals surface area contributed by atoms with Crippen molar-refractivity contribution >= 4 is 11.9 Å². The first-order valence-electron chi connectivity index (χ1n) is 5.66. The zero-order valence-corrected chi connectivity index (χ0v) is 14.2.